The second-order valence-electron chi connectivity index (χ2n) is 8.16. The molecule has 0 unspecified atom stereocenters. The van der Waals surface area contributed by atoms with Gasteiger partial charge in [-0.05, 0) is 42.3 Å². The lowest BCUT2D eigenvalue weighted by molar-refractivity contribution is -0.135. The van der Waals surface area contributed by atoms with E-state index in [4.69, 9.17) is 4.74 Å². The Bertz CT molecular complexity index is 1250. The summed E-state index contributed by atoms with van der Waals surface area (Å²) in [7, 11) is -1.41. The van der Waals surface area contributed by atoms with Gasteiger partial charge in [0.15, 0.2) is 9.84 Å². The van der Waals surface area contributed by atoms with Crippen molar-refractivity contribution in [1.29, 1.82) is 0 Å². The molecule has 0 bridgehead atoms. The number of thiophene rings is 1. The van der Waals surface area contributed by atoms with E-state index in [-0.39, 0.29) is 23.3 Å². The topological polar surface area (TPSA) is 92.7 Å². The molecule has 1 aromatic carbocycles. The minimum atomic E-state index is -3.06. The highest BCUT2D eigenvalue weighted by Gasteiger charge is 2.36. The smallest absolute Gasteiger partial charge is 0.226 e. The van der Waals surface area contributed by atoms with E-state index in [2.05, 4.69) is 20.9 Å². The van der Waals surface area contributed by atoms with Crippen molar-refractivity contribution in [2.45, 2.75) is 6.42 Å². The van der Waals surface area contributed by atoms with Gasteiger partial charge in [0.25, 0.3) is 0 Å². The molecular formula is C22H24N4O4S2. The Kier molecular flexibility index (Phi) is 5.50. The number of rotatable bonds is 4. The number of amides is 1. The highest BCUT2D eigenvalue weighted by molar-refractivity contribution is 7.91. The molecule has 0 radical (unpaired) electrons. The molecule has 4 heterocycles. The van der Waals surface area contributed by atoms with Crippen LogP contribution in [0.3, 0.4) is 0 Å². The van der Waals surface area contributed by atoms with Crippen LogP contribution in [0.1, 0.15) is 6.42 Å². The molecule has 0 aliphatic carbocycles. The van der Waals surface area contributed by atoms with Gasteiger partial charge in [-0.3, -0.25) is 4.79 Å². The zero-order valence-electron chi connectivity index (χ0n) is 17.7. The molecule has 3 aromatic rings. The second-order valence-corrected chi connectivity index (χ2v) is 11.4. The summed E-state index contributed by atoms with van der Waals surface area (Å²) in [5.41, 5.74) is 2.00. The fourth-order valence-corrected chi connectivity index (χ4v) is 7.22. The zero-order chi connectivity index (χ0) is 22.3. The number of anilines is 1. The van der Waals surface area contributed by atoms with Gasteiger partial charge in [0.1, 0.15) is 17.9 Å². The maximum atomic E-state index is 12.8. The molecule has 1 amide bonds. The predicted molar refractivity (Wildman–Crippen MR) is 125 cm³/mol. The van der Waals surface area contributed by atoms with Crippen molar-refractivity contribution in [1.82, 2.24) is 14.9 Å². The maximum absolute atomic E-state index is 12.8. The number of carbonyl (C=O) groups is 1. The summed E-state index contributed by atoms with van der Waals surface area (Å²) in [6, 6.07) is 10.0. The summed E-state index contributed by atoms with van der Waals surface area (Å²) in [4.78, 5) is 26.9. The van der Waals surface area contributed by atoms with Crippen molar-refractivity contribution < 1.29 is 17.9 Å². The summed E-state index contributed by atoms with van der Waals surface area (Å²) < 4.78 is 29.7. The van der Waals surface area contributed by atoms with Crippen molar-refractivity contribution in [2.24, 2.45) is 5.92 Å². The lowest BCUT2D eigenvalue weighted by atomic mass is 10.1. The first-order valence-electron chi connectivity index (χ1n) is 10.6. The van der Waals surface area contributed by atoms with Crippen molar-refractivity contribution in [3.8, 4) is 16.2 Å². The van der Waals surface area contributed by atoms with Crippen LogP contribution in [0.25, 0.3) is 20.7 Å². The molecule has 8 nitrogen and oxygen atoms in total. The SMILES string of the molecule is COc1ccc(-c2cc3ncnc(N4CCN(C(=O)[C@H]5CCS(=O)(=O)C5)CC4)c3s2)cc1. The van der Waals surface area contributed by atoms with E-state index in [1.165, 1.54) is 0 Å². The van der Waals surface area contributed by atoms with Crippen molar-refractivity contribution in [2.75, 3.05) is 49.7 Å². The third kappa shape index (κ3) is 4.04. The standard InChI is InChI=1S/C22H24N4O4S2/c1-30-17-4-2-15(3-5-17)19-12-18-20(31-19)21(24-14-23-18)25-7-9-26(10-8-25)22(27)16-6-11-32(28,29)13-16/h2-5,12,14,16H,6-11,13H2,1H3/t16-/m0/s1. The van der Waals surface area contributed by atoms with Gasteiger partial charge in [0.05, 0.1) is 34.8 Å². The Morgan fingerprint density at radius 3 is 2.53 bits per heavy atom. The number of piperazine rings is 1. The molecule has 5 rings (SSSR count). The highest BCUT2D eigenvalue weighted by Crippen LogP contribution is 2.37. The normalized spacial score (nSPS) is 20.6. The van der Waals surface area contributed by atoms with E-state index < -0.39 is 9.84 Å². The number of benzene rings is 1. The van der Waals surface area contributed by atoms with Gasteiger partial charge in [0.2, 0.25) is 5.91 Å². The van der Waals surface area contributed by atoms with Gasteiger partial charge >= 0.3 is 0 Å². The van der Waals surface area contributed by atoms with Crippen LogP contribution < -0.4 is 9.64 Å². The van der Waals surface area contributed by atoms with Gasteiger partial charge in [-0.15, -0.1) is 11.3 Å². The Balaban J connectivity index is 1.32. The van der Waals surface area contributed by atoms with E-state index >= 15 is 0 Å². The number of sulfone groups is 1. The summed E-state index contributed by atoms with van der Waals surface area (Å²) in [5, 5.41) is 0. The van der Waals surface area contributed by atoms with Crippen LogP contribution >= 0.6 is 11.3 Å². The zero-order valence-corrected chi connectivity index (χ0v) is 19.4. The van der Waals surface area contributed by atoms with Crippen LogP contribution in [0, 0.1) is 5.92 Å². The summed E-state index contributed by atoms with van der Waals surface area (Å²) >= 11 is 1.66. The third-order valence-electron chi connectivity index (χ3n) is 6.14. The quantitative estimate of drug-likeness (QED) is 0.576. The fraction of sp³-hybridized carbons (Fsp3) is 0.409. The lowest BCUT2D eigenvalue weighted by Gasteiger charge is -2.36. The van der Waals surface area contributed by atoms with Crippen molar-refractivity contribution in [3.05, 3.63) is 36.7 Å². The van der Waals surface area contributed by atoms with E-state index in [0.29, 0.717) is 32.6 Å². The fourth-order valence-electron chi connectivity index (χ4n) is 4.35. The highest BCUT2D eigenvalue weighted by atomic mass is 32.2. The lowest BCUT2D eigenvalue weighted by Crippen LogP contribution is -2.50. The molecule has 0 saturated carbocycles. The Morgan fingerprint density at radius 1 is 1.12 bits per heavy atom. The largest absolute Gasteiger partial charge is 0.497 e. The molecule has 2 fully saturated rings. The van der Waals surface area contributed by atoms with E-state index in [0.717, 1.165) is 32.2 Å². The minimum absolute atomic E-state index is 0.0120. The van der Waals surface area contributed by atoms with Crippen LogP contribution in [0.2, 0.25) is 0 Å². The van der Waals surface area contributed by atoms with Gasteiger partial charge in [-0.2, -0.15) is 0 Å². The summed E-state index contributed by atoms with van der Waals surface area (Å²) in [6.07, 6.45) is 2.03. The Hall–Kier alpha value is -2.72. The van der Waals surface area contributed by atoms with Gasteiger partial charge in [-0.25, -0.2) is 18.4 Å². The van der Waals surface area contributed by atoms with Crippen LogP contribution in [-0.2, 0) is 14.6 Å². The Labute approximate surface area is 190 Å². The first-order chi connectivity index (χ1) is 15.4. The number of ether oxygens (including phenoxy) is 1. The van der Waals surface area contributed by atoms with E-state index in [1.54, 1.807) is 29.7 Å². The van der Waals surface area contributed by atoms with E-state index in [1.807, 2.05) is 24.3 Å². The predicted octanol–water partition coefficient (Wildman–Crippen LogP) is 2.45. The number of carbonyl (C=O) groups excluding carboxylic acids is 1. The number of hydrogen-bond donors (Lipinski definition) is 0. The van der Waals surface area contributed by atoms with Gasteiger partial charge in [-0.1, -0.05) is 0 Å². The average molecular weight is 473 g/mol. The first-order valence-corrected chi connectivity index (χ1v) is 13.2. The molecule has 0 N–H and O–H groups in total. The third-order valence-corrected chi connectivity index (χ3v) is 9.08. The molecule has 1 atom stereocenters. The Morgan fingerprint density at radius 2 is 1.88 bits per heavy atom. The molecule has 0 spiro atoms. The van der Waals surface area contributed by atoms with Crippen molar-refractivity contribution in [3.63, 3.8) is 0 Å². The molecule has 168 valence electrons. The number of methoxy groups -OCH3 is 1. The monoisotopic (exact) mass is 472 g/mol. The second kappa shape index (κ2) is 8.32. The molecule has 2 aliphatic heterocycles. The molecule has 10 heteroatoms. The van der Waals surface area contributed by atoms with Crippen LogP contribution in [0.4, 0.5) is 5.82 Å². The number of nitrogens with zero attached hydrogens (tertiary/aromatic N) is 4. The maximum Gasteiger partial charge on any atom is 0.226 e. The van der Waals surface area contributed by atoms with Gasteiger partial charge < -0.3 is 14.5 Å². The number of fused-ring (bicyclic) bond motifs is 1. The van der Waals surface area contributed by atoms with E-state index in [9.17, 15) is 13.2 Å². The molecular weight excluding hydrogens is 448 g/mol. The summed E-state index contributed by atoms with van der Waals surface area (Å²) in [5.74, 6) is 1.39. The average Bonchev–Trinajstić information content (AvgIpc) is 3.41. The molecule has 2 saturated heterocycles. The van der Waals surface area contributed by atoms with Gasteiger partial charge in [0, 0.05) is 31.1 Å². The molecule has 2 aliphatic rings. The molecule has 32 heavy (non-hydrogen) atoms. The summed E-state index contributed by atoms with van der Waals surface area (Å²) in [6.45, 7) is 2.45. The van der Waals surface area contributed by atoms with Crippen LogP contribution in [-0.4, -0.2) is 74.0 Å². The van der Waals surface area contributed by atoms with Crippen molar-refractivity contribution >= 4 is 43.1 Å². The number of hydrogen-bond acceptors (Lipinski definition) is 8. The molecule has 2 aromatic heterocycles. The number of aromatic nitrogens is 2. The minimum Gasteiger partial charge on any atom is -0.497 e. The van der Waals surface area contributed by atoms with Crippen LogP contribution in [0.5, 0.6) is 5.75 Å². The first kappa shape index (κ1) is 21.1. The van der Waals surface area contributed by atoms with Crippen LogP contribution in [0.15, 0.2) is 36.7 Å².